The van der Waals surface area contributed by atoms with Gasteiger partial charge in [-0.05, 0) is 12.1 Å². The zero-order valence-corrected chi connectivity index (χ0v) is 7.95. The van der Waals surface area contributed by atoms with Crippen molar-refractivity contribution >= 4 is 5.69 Å². The van der Waals surface area contributed by atoms with Gasteiger partial charge in [0.05, 0.1) is 22.4 Å². The molecule has 8 heteroatoms. The van der Waals surface area contributed by atoms with E-state index < -0.39 is 34.7 Å². The highest BCUT2D eigenvalue weighted by Crippen LogP contribution is 2.40. The lowest BCUT2D eigenvalue weighted by molar-refractivity contribution is -0.141. The van der Waals surface area contributed by atoms with Gasteiger partial charge in [-0.25, -0.2) is 0 Å². The summed E-state index contributed by atoms with van der Waals surface area (Å²) in [5, 5.41) is 8.46. The summed E-state index contributed by atoms with van der Waals surface area (Å²) in [4.78, 5) is 0. The molecule has 0 saturated heterocycles. The molecule has 0 aliphatic heterocycles. The van der Waals surface area contributed by atoms with Crippen molar-refractivity contribution in [2.75, 3.05) is 5.73 Å². The largest absolute Gasteiger partial charge is 0.418 e. The maximum absolute atomic E-state index is 12.4. The van der Waals surface area contributed by atoms with Gasteiger partial charge in [0, 0.05) is 0 Å². The van der Waals surface area contributed by atoms with E-state index in [1.165, 1.54) is 0 Å². The Morgan fingerprint density at radius 3 is 1.71 bits per heavy atom. The fourth-order valence-corrected chi connectivity index (χ4v) is 1.22. The van der Waals surface area contributed by atoms with Gasteiger partial charge in [0.1, 0.15) is 6.07 Å². The molecular formula is C9H4F6N2. The van der Waals surface area contributed by atoms with E-state index in [0.29, 0.717) is 0 Å². The first-order chi connectivity index (χ1) is 7.59. The molecule has 0 bridgehead atoms. The first kappa shape index (κ1) is 13.2. The second-order valence-corrected chi connectivity index (χ2v) is 3.06. The molecule has 17 heavy (non-hydrogen) atoms. The van der Waals surface area contributed by atoms with Crippen LogP contribution in [0.4, 0.5) is 32.0 Å². The molecule has 92 valence electrons. The van der Waals surface area contributed by atoms with Crippen LogP contribution in [0.2, 0.25) is 0 Å². The van der Waals surface area contributed by atoms with Crippen LogP contribution in [-0.4, -0.2) is 0 Å². The predicted molar refractivity (Wildman–Crippen MR) is 45.6 cm³/mol. The molecule has 0 heterocycles. The van der Waals surface area contributed by atoms with E-state index in [4.69, 9.17) is 11.0 Å². The lowest BCUT2D eigenvalue weighted by Gasteiger charge is -2.15. The van der Waals surface area contributed by atoms with Gasteiger partial charge >= 0.3 is 12.4 Å². The number of rotatable bonds is 0. The topological polar surface area (TPSA) is 49.8 Å². The molecule has 2 nitrogen and oxygen atoms in total. The van der Waals surface area contributed by atoms with Crippen LogP contribution in [-0.2, 0) is 12.4 Å². The number of nitrogen functional groups attached to an aromatic ring is 1. The Morgan fingerprint density at radius 2 is 1.35 bits per heavy atom. The molecule has 0 unspecified atom stereocenters. The molecule has 0 atom stereocenters. The van der Waals surface area contributed by atoms with Gasteiger partial charge in [0.2, 0.25) is 0 Å². The average molecular weight is 254 g/mol. The zero-order chi connectivity index (χ0) is 13.4. The van der Waals surface area contributed by atoms with Crippen molar-refractivity contribution < 1.29 is 26.3 Å². The van der Waals surface area contributed by atoms with Crippen LogP contribution in [0.3, 0.4) is 0 Å². The average Bonchev–Trinajstić information content (AvgIpc) is 2.13. The Bertz CT molecular complexity index is 480. The maximum atomic E-state index is 12.4. The van der Waals surface area contributed by atoms with E-state index in [1.807, 2.05) is 0 Å². The van der Waals surface area contributed by atoms with Crippen LogP contribution in [0.15, 0.2) is 12.1 Å². The highest BCUT2D eigenvalue weighted by molar-refractivity contribution is 5.64. The van der Waals surface area contributed by atoms with E-state index in [2.05, 4.69) is 0 Å². The minimum Gasteiger partial charge on any atom is -0.397 e. The van der Waals surface area contributed by atoms with Crippen molar-refractivity contribution in [3.05, 3.63) is 28.8 Å². The van der Waals surface area contributed by atoms with Crippen LogP contribution in [0.1, 0.15) is 16.7 Å². The summed E-state index contributed by atoms with van der Waals surface area (Å²) in [6.07, 6.45) is -9.83. The standard InChI is InChI=1S/C9H4F6N2/c10-8(11,12)5-1-2-6(9(13,14)15)7(17)4(5)3-16/h1-2H,17H2. The van der Waals surface area contributed by atoms with Crippen molar-refractivity contribution in [3.8, 4) is 6.07 Å². The van der Waals surface area contributed by atoms with Gasteiger partial charge in [0.25, 0.3) is 0 Å². The number of anilines is 1. The van der Waals surface area contributed by atoms with Gasteiger partial charge < -0.3 is 5.73 Å². The van der Waals surface area contributed by atoms with E-state index in [0.717, 1.165) is 6.07 Å². The molecule has 0 aliphatic rings. The molecule has 0 aliphatic carbocycles. The minimum absolute atomic E-state index is 0.192. The van der Waals surface area contributed by atoms with Gasteiger partial charge in [-0.1, -0.05) is 0 Å². The molecule has 0 saturated carbocycles. The fraction of sp³-hybridized carbons (Fsp3) is 0.222. The summed E-state index contributed by atoms with van der Waals surface area (Å²) < 4.78 is 74.0. The molecule has 1 rings (SSSR count). The maximum Gasteiger partial charge on any atom is 0.418 e. The number of nitriles is 1. The number of hydrogen-bond donors (Lipinski definition) is 1. The molecule has 0 aromatic heterocycles. The Labute approximate surface area is 91.3 Å². The fourth-order valence-electron chi connectivity index (χ4n) is 1.22. The quantitative estimate of drug-likeness (QED) is 0.571. The molecule has 0 radical (unpaired) electrons. The summed E-state index contributed by atoms with van der Waals surface area (Å²) in [5.74, 6) is 0. The molecule has 0 spiro atoms. The number of halogens is 6. The van der Waals surface area contributed by atoms with Gasteiger partial charge in [-0.15, -0.1) is 0 Å². The van der Waals surface area contributed by atoms with Crippen molar-refractivity contribution in [3.63, 3.8) is 0 Å². The van der Waals surface area contributed by atoms with Crippen molar-refractivity contribution in [2.45, 2.75) is 12.4 Å². The third-order valence-corrected chi connectivity index (χ3v) is 1.97. The van der Waals surface area contributed by atoms with E-state index >= 15 is 0 Å². The van der Waals surface area contributed by atoms with Crippen LogP contribution >= 0.6 is 0 Å². The predicted octanol–water partition coefficient (Wildman–Crippen LogP) is 3.18. The van der Waals surface area contributed by atoms with Crippen molar-refractivity contribution in [1.82, 2.24) is 0 Å². The second kappa shape index (κ2) is 3.84. The normalized spacial score (nSPS) is 12.3. The molecule has 1 aromatic rings. The minimum atomic E-state index is -4.93. The van der Waals surface area contributed by atoms with Gasteiger partial charge in [0.15, 0.2) is 0 Å². The van der Waals surface area contributed by atoms with Crippen LogP contribution < -0.4 is 5.73 Å². The van der Waals surface area contributed by atoms with E-state index in [9.17, 15) is 26.3 Å². The first-order valence-corrected chi connectivity index (χ1v) is 4.06. The monoisotopic (exact) mass is 254 g/mol. The van der Waals surface area contributed by atoms with Crippen molar-refractivity contribution in [1.29, 1.82) is 5.26 Å². The lowest BCUT2D eigenvalue weighted by atomic mass is 10.0. The third-order valence-electron chi connectivity index (χ3n) is 1.97. The van der Waals surface area contributed by atoms with E-state index in [-0.39, 0.29) is 12.1 Å². The summed E-state index contributed by atoms with van der Waals surface area (Å²) >= 11 is 0. The van der Waals surface area contributed by atoms with Gasteiger partial charge in [-0.3, -0.25) is 0 Å². The first-order valence-electron chi connectivity index (χ1n) is 4.06. The molecule has 1 aromatic carbocycles. The Morgan fingerprint density at radius 1 is 0.941 bits per heavy atom. The number of alkyl halides is 6. The summed E-state index contributed by atoms with van der Waals surface area (Å²) in [6.45, 7) is 0. The Balaban J connectivity index is 3.56. The third kappa shape index (κ3) is 2.43. The number of nitrogens with zero attached hydrogens (tertiary/aromatic N) is 1. The molecule has 2 N–H and O–H groups in total. The zero-order valence-electron chi connectivity index (χ0n) is 7.95. The molecular weight excluding hydrogens is 250 g/mol. The van der Waals surface area contributed by atoms with Crippen LogP contribution in [0, 0.1) is 11.3 Å². The summed E-state index contributed by atoms with van der Waals surface area (Å²) in [5.41, 5.74) is -0.431. The SMILES string of the molecule is N#Cc1c(C(F)(F)F)ccc(C(F)(F)F)c1N. The summed E-state index contributed by atoms with van der Waals surface area (Å²) in [6, 6.07) is 1.44. The number of benzene rings is 1. The Hall–Kier alpha value is -1.91. The smallest absolute Gasteiger partial charge is 0.397 e. The number of nitrogens with two attached hydrogens (primary N) is 1. The number of hydrogen-bond acceptors (Lipinski definition) is 2. The lowest BCUT2D eigenvalue weighted by Crippen LogP contribution is -2.15. The van der Waals surface area contributed by atoms with E-state index in [1.54, 1.807) is 0 Å². The van der Waals surface area contributed by atoms with Crippen LogP contribution in [0.5, 0.6) is 0 Å². The summed E-state index contributed by atoms with van der Waals surface area (Å²) in [7, 11) is 0. The second-order valence-electron chi connectivity index (χ2n) is 3.06. The Kier molecular flexibility index (Phi) is 2.97. The van der Waals surface area contributed by atoms with Crippen LogP contribution in [0.25, 0.3) is 0 Å². The highest BCUT2D eigenvalue weighted by atomic mass is 19.4. The van der Waals surface area contributed by atoms with Crippen molar-refractivity contribution in [2.24, 2.45) is 0 Å². The highest BCUT2D eigenvalue weighted by Gasteiger charge is 2.39. The van der Waals surface area contributed by atoms with Gasteiger partial charge in [-0.2, -0.15) is 31.6 Å². The molecule has 0 fully saturated rings. The molecule has 0 amide bonds.